The van der Waals surface area contributed by atoms with Crippen LogP contribution in [0.1, 0.15) is 24.0 Å². The molecule has 0 aliphatic carbocycles. The Morgan fingerprint density at radius 1 is 1.06 bits per heavy atom. The smallest absolute Gasteiger partial charge is 0.229 e. The molecule has 2 saturated heterocycles. The van der Waals surface area contributed by atoms with E-state index in [0.29, 0.717) is 64.3 Å². The summed E-state index contributed by atoms with van der Waals surface area (Å²) in [6.07, 6.45) is 6.17. The summed E-state index contributed by atoms with van der Waals surface area (Å²) in [5.74, 6) is 0.0390. The molecule has 4 heterocycles. The lowest BCUT2D eigenvalue weighted by Gasteiger charge is -2.40. The summed E-state index contributed by atoms with van der Waals surface area (Å²) in [5.41, 5.74) is 2.24. The summed E-state index contributed by atoms with van der Waals surface area (Å²) in [5, 5.41) is 4.33. The van der Waals surface area contributed by atoms with Gasteiger partial charge in [-0.05, 0) is 55.0 Å². The van der Waals surface area contributed by atoms with E-state index < -0.39 is 5.41 Å². The van der Waals surface area contributed by atoms with E-state index >= 15 is 0 Å². The molecule has 0 radical (unpaired) electrons. The first kappa shape index (κ1) is 22.0. The first-order chi connectivity index (χ1) is 16.1. The number of halogens is 1. The molecule has 3 aromatic rings. The van der Waals surface area contributed by atoms with Crippen LogP contribution in [0, 0.1) is 17.2 Å². The molecule has 6 nitrogen and oxygen atoms in total. The van der Waals surface area contributed by atoms with Gasteiger partial charge in [0.25, 0.3) is 0 Å². The second-order valence-electron chi connectivity index (χ2n) is 9.25. The molecule has 7 heteroatoms. The van der Waals surface area contributed by atoms with Crippen molar-refractivity contribution < 1.29 is 18.7 Å². The van der Waals surface area contributed by atoms with Crippen LogP contribution in [0.4, 0.5) is 4.39 Å². The van der Waals surface area contributed by atoms with Gasteiger partial charge >= 0.3 is 0 Å². The molecule has 2 aliphatic rings. The number of hydrogen-bond acceptors (Lipinski definition) is 4. The van der Waals surface area contributed by atoms with Crippen LogP contribution in [0.2, 0.25) is 0 Å². The fourth-order valence-corrected chi connectivity index (χ4v) is 5.26. The molecule has 2 fully saturated rings. The van der Waals surface area contributed by atoms with Crippen molar-refractivity contribution in [2.24, 2.45) is 11.3 Å². The predicted octanol–water partition coefficient (Wildman–Crippen LogP) is 3.53. The molecular formula is C26H30FN3O3. The minimum atomic E-state index is -0.638. The van der Waals surface area contributed by atoms with Crippen molar-refractivity contribution in [2.45, 2.75) is 25.7 Å². The highest BCUT2D eigenvalue weighted by molar-refractivity contribution is 5.83. The fraction of sp³-hybridized carbons (Fsp3) is 0.462. The molecule has 0 unspecified atom stereocenters. The van der Waals surface area contributed by atoms with Crippen molar-refractivity contribution in [3.05, 3.63) is 71.8 Å². The maximum absolute atomic E-state index is 14.5. The van der Waals surface area contributed by atoms with Crippen LogP contribution >= 0.6 is 0 Å². The third-order valence-corrected chi connectivity index (χ3v) is 7.05. The second-order valence-corrected chi connectivity index (χ2v) is 9.25. The number of benzene rings is 1. The number of rotatable bonds is 5. The van der Waals surface area contributed by atoms with E-state index in [1.54, 1.807) is 18.3 Å². The Morgan fingerprint density at radius 2 is 1.88 bits per heavy atom. The molecule has 1 atom stereocenters. The standard InChI is InChI=1S/C26H30FN3O3/c27-23-6-2-1-4-22(23)17-26(8-13-32-14-9-26)25(31)29-12-15-33-19-20(18-29)16-21-5-3-11-30-24(21)7-10-28-30/h1-7,10-11,20H,8-9,12-19H2/t20-/m0/s1. The van der Waals surface area contributed by atoms with Gasteiger partial charge in [-0.2, -0.15) is 5.10 Å². The molecule has 33 heavy (non-hydrogen) atoms. The Kier molecular flexibility index (Phi) is 6.42. The summed E-state index contributed by atoms with van der Waals surface area (Å²) >= 11 is 0. The Balaban J connectivity index is 1.37. The Hall–Kier alpha value is -2.77. The van der Waals surface area contributed by atoms with E-state index in [4.69, 9.17) is 9.47 Å². The molecule has 5 rings (SSSR count). The third-order valence-electron chi connectivity index (χ3n) is 7.05. The lowest BCUT2D eigenvalue weighted by molar-refractivity contribution is -0.148. The molecule has 0 saturated carbocycles. The molecule has 0 bridgehead atoms. The third kappa shape index (κ3) is 4.66. The highest BCUT2D eigenvalue weighted by Gasteiger charge is 2.43. The van der Waals surface area contributed by atoms with Crippen molar-refractivity contribution in [1.29, 1.82) is 0 Å². The van der Waals surface area contributed by atoms with E-state index in [1.165, 1.54) is 11.6 Å². The van der Waals surface area contributed by atoms with E-state index in [2.05, 4.69) is 11.2 Å². The zero-order valence-electron chi connectivity index (χ0n) is 18.8. The highest BCUT2D eigenvalue weighted by atomic mass is 19.1. The minimum absolute atomic E-state index is 0.104. The van der Waals surface area contributed by atoms with Gasteiger partial charge in [0.1, 0.15) is 5.82 Å². The van der Waals surface area contributed by atoms with Gasteiger partial charge in [-0.15, -0.1) is 0 Å². The lowest BCUT2D eigenvalue weighted by atomic mass is 9.73. The monoisotopic (exact) mass is 451 g/mol. The van der Waals surface area contributed by atoms with E-state index in [0.717, 1.165) is 11.9 Å². The SMILES string of the molecule is O=C(N1CCOC[C@@H](Cc2cccn3nccc23)C1)C1(Cc2ccccc2F)CCOCC1. The fourth-order valence-electron chi connectivity index (χ4n) is 5.26. The molecule has 174 valence electrons. The summed E-state index contributed by atoms with van der Waals surface area (Å²) in [7, 11) is 0. The lowest BCUT2D eigenvalue weighted by Crippen LogP contribution is -2.50. The number of nitrogens with zero attached hydrogens (tertiary/aromatic N) is 3. The Labute approximate surface area is 193 Å². The summed E-state index contributed by atoms with van der Waals surface area (Å²) < 4.78 is 27.9. The first-order valence-electron chi connectivity index (χ1n) is 11.7. The molecule has 2 aliphatic heterocycles. The molecule has 0 N–H and O–H groups in total. The van der Waals surface area contributed by atoms with Crippen molar-refractivity contribution in [1.82, 2.24) is 14.5 Å². The largest absolute Gasteiger partial charge is 0.381 e. The van der Waals surface area contributed by atoms with Gasteiger partial charge in [-0.3, -0.25) is 4.79 Å². The van der Waals surface area contributed by atoms with E-state index in [-0.39, 0.29) is 17.6 Å². The summed E-state index contributed by atoms with van der Waals surface area (Å²) in [6.45, 7) is 3.38. The predicted molar refractivity (Wildman–Crippen MR) is 122 cm³/mol. The second kappa shape index (κ2) is 9.61. The number of amides is 1. The average Bonchev–Trinajstić information content (AvgIpc) is 3.21. The number of hydrogen-bond donors (Lipinski definition) is 0. The zero-order chi connectivity index (χ0) is 22.7. The van der Waals surface area contributed by atoms with Gasteiger partial charge in [0.05, 0.1) is 24.1 Å². The van der Waals surface area contributed by atoms with Crippen LogP contribution in [-0.2, 0) is 27.1 Å². The average molecular weight is 452 g/mol. The quantitative estimate of drug-likeness (QED) is 0.596. The normalized spacial score (nSPS) is 21.1. The zero-order valence-corrected chi connectivity index (χ0v) is 18.8. The molecule has 1 aromatic carbocycles. The summed E-state index contributed by atoms with van der Waals surface area (Å²) in [4.78, 5) is 15.9. The number of aromatic nitrogens is 2. The van der Waals surface area contributed by atoms with Crippen molar-refractivity contribution in [2.75, 3.05) is 39.5 Å². The highest BCUT2D eigenvalue weighted by Crippen LogP contribution is 2.37. The van der Waals surface area contributed by atoms with Gasteiger partial charge in [0.2, 0.25) is 5.91 Å². The number of ether oxygens (including phenoxy) is 2. The van der Waals surface area contributed by atoms with Crippen molar-refractivity contribution in [3.63, 3.8) is 0 Å². The van der Waals surface area contributed by atoms with Crippen LogP contribution in [0.3, 0.4) is 0 Å². The number of pyridine rings is 1. The van der Waals surface area contributed by atoms with Crippen LogP contribution < -0.4 is 0 Å². The number of fused-ring (bicyclic) bond motifs is 1. The van der Waals surface area contributed by atoms with E-state index in [1.807, 2.05) is 33.8 Å². The maximum Gasteiger partial charge on any atom is 0.229 e. The van der Waals surface area contributed by atoms with Crippen molar-refractivity contribution >= 4 is 11.4 Å². The Morgan fingerprint density at radius 3 is 2.73 bits per heavy atom. The molecule has 2 aromatic heterocycles. The Bertz CT molecular complexity index is 1110. The van der Waals surface area contributed by atoms with E-state index in [9.17, 15) is 9.18 Å². The molecule has 0 spiro atoms. The topological polar surface area (TPSA) is 56.1 Å². The number of carbonyl (C=O) groups is 1. The maximum atomic E-state index is 14.5. The number of carbonyl (C=O) groups excluding carboxylic acids is 1. The molecular weight excluding hydrogens is 421 g/mol. The van der Waals surface area contributed by atoms with Crippen LogP contribution in [0.25, 0.3) is 5.52 Å². The van der Waals surface area contributed by atoms with Crippen LogP contribution in [0.15, 0.2) is 54.9 Å². The first-order valence-corrected chi connectivity index (χ1v) is 11.7. The van der Waals surface area contributed by atoms with Gasteiger partial charge < -0.3 is 14.4 Å². The van der Waals surface area contributed by atoms with Crippen LogP contribution in [-0.4, -0.2) is 59.9 Å². The van der Waals surface area contributed by atoms with Gasteiger partial charge in [0.15, 0.2) is 0 Å². The molecule has 1 amide bonds. The van der Waals surface area contributed by atoms with Gasteiger partial charge in [-0.25, -0.2) is 8.91 Å². The minimum Gasteiger partial charge on any atom is -0.381 e. The van der Waals surface area contributed by atoms with Crippen molar-refractivity contribution in [3.8, 4) is 0 Å². The van der Waals surface area contributed by atoms with Gasteiger partial charge in [-0.1, -0.05) is 24.3 Å². The summed E-state index contributed by atoms with van der Waals surface area (Å²) in [6, 6.07) is 12.9. The van der Waals surface area contributed by atoms with Gasteiger partial charge in [0, 0.05) is 44.6 Å². The van der Waals surface area contributed by atoms with Crippen LogP contribution in [0.5, 0.6) is 0 Å².